The Bertz CT molecular complexity index is 590. The number of ether oxygens (including phenoxy) is 1. The Balaban J connectivity index is 1.99. The maximum absolute atomic E-state index is 12.8. The molecule has 0 aliphatic carbocycles. The molecule has 0 radical (unpaired) electrons. The van der Waals surface area contributed by atoms with E-state index in [1.165, 1.54) is 0 Å². The van der Waals surface area contributed by atoms with Gasteiger partial charge in [0.15, 0.2) is 0 Å². The Morgan fingerprint density at radius 3 is 2.24 bits per heavy atom. The number of hydrogen-bond acceptors (Lipinski definition) is 4. The van der Waals surface area contributed by atoms with Crippen LogP contribution in [-0.2, 0) is 16.1 Å². The van der Waals surface area contributed by atoms with E-state index in [0.29, 0.717) is 6.54 Å². The van der Waals surface area contributed by atoms with Crippen LogP contribution in [0.4, 0.5) is 0 Å². The lowest BCUT2D eigenvalue weighted by atomic mass is 9.99. The lowest BCUT2D eigenvalue weighted by Gasteiger charge is -2.41. The minimum Gasteiger partial charge on any atom is -0.478 e. The van der Waals surface area contributed by atoms with E-state index in [0.717, 1.165) is 18.7 Å². The molecule has 1 saturated heterocycles. The summed E-state index contributed by atoms with van der Waals surface area (Å²) < 4.78 is 5.76. The van der Waals surface area contributed by atoms with Crippen LogP contribution in [0.2, 0.25) is 0 Å². The summed E-state index contributed by atoms with van der Waals surface area (Å²) in [5.41, 5.74) is 1.12. The number of aromatic carboxylic acids is 1. The lowest BCUT2D eigenvalue weighted by molar-refractivity contribution is -0.135. The largest absolute Gasteiger partial charge is 0.478 e. The van der Waals surface area contributed by atoms with Gasteiger partial charge in [0.1, 0.15) is 0 Å². The molecule has 6 nitrogen and oxygen atoms in total. The number of nitrogens with one attached hydrogen (secondary N) is 1. The molecule has 1 amide bonds. The first-order valence-corrected chi connectivity index (χ1v) is 8.77. The fourth-order valence-electron chi connectivity index (χ4n) is 3.39. The molecule has 0 saturated carbocycles. The highest BCUT2D eigenvalue weighted by Crippen LogP contribution is 2.19. The first-order chi connectivity index (χ1) is 11.8. The van der Waals surface area contributed by atoms with Crippen molar-refractivity contribution >= 4 is 11.9 Å². The fourth-order valence-corrected chi connectivity index (χ4v) is 3.39. The van der Waals surface area contributed by atoms with Crippen LogP contribution in [0.1, 0.15) is 43.6 Å². The van der Waals surface area contributed by atoms with Crippen molar-refractivity contribution in [3.05, 3.63) is 35.4 Å². The van der Waals surface area contributed by atoms with E-state index in [1.807, 2.05) is 13.8 Å². The lowest BCUT2D eigenvalue weighted by Crippen LogP contribution is -2.56. The molecule has 0 bridgehead atoms. The topological polar surface area (TPSA) is 78.9 Å². The molecule has 1 aliphatic heterocycles. The van der Waals surface area contributed by atoms with Gasteiger partial charge in [0.2, 0.25) is 5.91 Å². The third-order valence-electron chi connectivity index (χ3n) is 4.41. The third-order valence-corrected chi connectivity index (χ3v) is 4.41. The van der Waals surface area contributed by atoms with E-state index in [-0.39, 0.29) is 35.6 Å². The van der Waals surface area contributed by atoms with Crippen molar-refractivity contribution in [1.29, 1.82) is 0 Å². The Morgan fingerprint density at radius 2 is 1.76 bits per heavy atom. The molecule has 3 atom stereocenters. The number of carbonyl (C=O) groups is 2. The number of hydrogen-bond donors (Lipinski definition) is 2. The molecular weight excluding hydrogens is 320 g/mol. The average Bonchev–Trinajstić information content (AvgIpc) is 2.52. The summed E-state index contributed by atoms with van der Waals surface area (Å²) in [7, 11) is 0. The molecule has 1 heterocycles. The summed E-state index contributed by atoms with van der Waals surface area (Å²) >= 11 is 0. The van der Waals surface area contributed by atoms with Gasteiger partial charge in [-0.1, -0.05) is 26.0 Å². The van der Waals surface area contributed by atoms with Gasteiger partial charge in [-0.3, -0.25) is 9.69 Å². The summed E-state index contributed by atoms with van der Waals surface area (Å²) in [6.45, 7) is 10.0. The molecule has 138 valence electrons. The van der Waals surface area contributed by atoms with Crippen molar-refractivity contribution in [1.82, 2.24) is 10.2 Å². The molecule has 1 aliphatic rings. The van der Waals surface area contributed by atoms with Crippen LogP contribution in [0, 0.1) is 5.92 Å². The highest BCUT2D eigenvalue weighted by atomic mass is 16.5. The van der Waals surface area contributed by atoms with E-state index in [9.17, 15) is 9.59 Å². The van der Waals surface area contributed by atoms with Crippen LogP contribution in [0.3, 0.4) is 0 Å². The van der Waals surface area contributed by atoms with Crippen molar-refractivity contribution in [2.24, 2.45) is 5.92 Å². The quantitative estimate of drug-likeness (QED) is 0.823. The predicted octanol–water partition coefficient (Wildman–Crippen LogP) is 2.13. The normalized spacial score (nSPS) is 22.6. The van der Waals surface area contributed by atoms with Crippen molar-refractivity contribution in [2.75, 3.05) is 13.1 Å². The van der Waals surface area contributed by atoms with E-state index in [2.05, 4.69) is 24.1 Å². The molecule has 0 aromatic heterocycles. The van der Waals surface area contributed by atoms with Crippen LogP contribution in [0.5, 0.6) is 0 Å². The van der Waals surface area contributed by atoms with Crippen LogP contribution in [0.25, 0.3) is 0 Å². The fraction of sp³-hybridized carbons (Fsp3) is 0.579. The second-order valence-electron chi connectivity index (χ2n) is 7.12. The number of carboxylic acid groups (broad SMARTS) is 1. The number of amides is 1. The van der Waals surface area contributed by atoms with Crippen molar-refractivity contribution < 1.29 is 19.4 Å². The van der Waals surface area contributed by atoms with Gasteiger partial charge in [0.05, 0.1) is 23.8 Å². The number of benzene rings is 1. The van der Waals surface area contributed by atoms with Crippen LogP contribution in [0.15, 0.2) is 24.3 Å². The zero-order chi connectivity index (χ0) is 18.6. The molecule has 1 aromatic rings. The summed E-state index contributed by atoms with van der Waals surface area (Å²) in [5, 5.41) is 11.9. The Labute approximate surface area is 149 Å². The Kier molecular flexibility index (Phi) is 6.56. The van der Waals surface area contributed by atoms with Crippen LogP contribution >= 0.6 is 0 Å². The highest BCUT2D eigenvalue weighted by Gasteiger charge is 2.33. The van der Waals surface area contributed by atoms with Crippen molar-refractivity contribution in [3.63, 3.8) is 0 Å². The second-order valence-corrected chi connectivity index (χ2v) is 7.12. The smallest absolute Gasteiger partial charge is 0.335 e. The minimum atomic E-state index is -0.953. The maximum atomic E-state index is 12.8. The molecule has 0 spiro atoms. The molecule has 2 rings (SSSR count). The van der Waals surface area contributed by atoms with Gasteiger partial charge in [-0.05, 0) is 37.5 Å². The van der Waals surface area contributed by atoms with Gasteiger partial charge in [0.25, 0.3) is 0 Å². The standard InChI is InChI=1S/C19H28N2O4/c1-12(2)17(21-10-13(3)25-14(4)11-21)18(22)20-9-15-5-7-16(8-6-15)19(23)24/h5-8,12-14,17H,9-11H2,1-4H3,(H,20,22)(H,23,24)/t13-,14+,17-/m1/s1. The van der Waals surface area contributed by atoms with Gasteiger partial charge in [-0.15, -0.1) is 0 Å². The zero-order valence-corrected chi connectivity index (χ0v) is 15.4. The highest BCUT2D eigenvalue weighted by molar-refractivity contribution is 5.87. The Morgan fingerprint density at radius 1 is 1.20 bits per heavy atom. The predicted molar refractivity (Wildman–Crippen MR) is 95.5 cm³/mol. The number of carboxylic acids is 1. The molecule has 25 heavy (non-hydrogen) atoms. The molecule has 2 N–H and O–H groups in total. The SMILES string of the molecule is CC(C)[C@H](C(=O)NCc1ccc(C(=O)O)cc1)N1C[C@@H](C)O[C@@H](C)C1. The van der Waals surface area contributed by atoms with Crippen molar-refractivity contribution in [2.45, 2.75) is 52.5 Å². The van der Waals surface area contributed by atoms with E-state index in [4.69, 9.17) is 9.84 Å². The zero-order valence-electron chi connectivity index (χ0n) is 15.4. The van der Waals surface area contributed by atoms with Crippen LogP contribution < -0.4 is 5.32 Å². The third kappa shape index (κ3) is 5.28. The summed E-state index contributed by atoms with van der Waals surface area (Å²) in [6.07, 6.45) is 0.225. The summed E-state index contributed by atoms with van der Waals surface area (Å²) in [4.78, 5) is 25.8. The average molecular weight is 348 g/mol. The summed E-state index contributed by atoms with van der Waals surface area (Å²) in [5.74, 6) is -0.767. The number of nitrogens with zero attached hydrogens (tertiary/aromatic N) is 1. The molecule has 0 unspecified atom stereocenters. The molecule has 1 fully saturated rings. The number of morpholine rings is 1. The first kappa shape index (κ1) is 19.4. The van der Waals surface area contributed by atoms with Gasteiger partial charge in [-0.2, -0.15) is 0 Å². The number of carbonyl (C=O) groups excluding carboxylic acids is 1. The van der Waals surface area contributed by atoms with Crippen molar-refractivity contribution in [3.8, 4) is 0 Å². The summed E-state index contributed by atoms with van der Waals surface area (Å²) in [6, 6.07) is 6.36. The van der Waals surface area contributed by atoms with Gasteiger partial charge in [-0.25, -0.2) is 4.79 Å². The Hall–Kier alpha value is -1.92. The van der Waals surface area contributed by atoms with Gasteiger partial charge >= 0.3 is 5.97 Å². The molecule has 6 heteroatoms. The number of rotatable bonds is 6. The van der Waals surface area contributed by atoms with Gasteiger partial charge in [0, 0.05) is 19.6 Å². The molecular formula is C19H28N2O4. The monoisotopic (exact) mass is 348 g/mol. The first-order valence-electron chi connectivity index (χ1n) is 8.77. The molecule has 1 aromatic carbocycles. The van der Waals surface area contributed by atoms with E-state index in [1.54, 1.807) is 24.3 Å². The second kappa shape index (κ2) is 8.45. The maximum Gasteiger partial charge on any atom is 0.335 e. The van der Waals surface area contributed by atoms with E-state index < -0.39 is 5.97 Å². The van der Waals surface area contributed by atoms with Crippen LogP contribution in [-0.4, -0.2) is 53.2 Å². The minimum absolute atomic E-state index is 0.00129. The van der Waals surface area contributed by atoms with E-state index >= 15 is 0 Å². The van der Waals surface area contributed by atoms with Gasteiger partial charge < -0.3 is 15.2 Å².